The highest BCUT2D eigenvalue weighted by atomic mass is 35.5. The zero-order valence-corrected chi connectivity index (χ0v) is 19.8. The maximum absolute atomic E-state index is 13.2. The number of rotatable bonds is 6. The van der Waals surface area contributed by atoms with Gasteiger partial charge in [-0.15, -0.1) is 0 Å². The number of hydrogen-bond acceptors (Lipinski definition) is 4. The SMILES string of the molecule is CS(=O)(=O)N(CC(=O)Nc1ccccc1C(=O)N1CCCCC1)c1cc(C(F)(F)F)ccc1Cl. The Labute approximate surface area is 200 Å². The van der Waals surface area contributed by atoms with E-state index in [-0.39, 0.29) is 22.2 Å². The summed E-state index contributed by atoms with van der Waals surface area (Å²) in [5.41, 5.74) is -1.18. The Morgan fingerprint density at radius 3 is 2.35 bits per heavy atom. The highest BCUT2D eigenvalue weighted by Crippen LogP contribution is 2.36. The predicted octanol–water partition coefficient (Wildman–Crippen LogP) is 4.39. The first kappa shape index (κ1) is 25.8. The summed E-state index contributed by atoms with van der Waals surface area (Å²) in [6, 6.07) is 8.49. The van der Waals surface area contributed by atoms with E-state index in [0.717, 1.165) is 37.7 Å². The van der Waals surface area contributed by atoms with Gasteiger partial charge in [0.25, 0.3) is 5.91 Å². The largest absolute Gasteiger partial charge is 0.416 e. The molecular weight excluding hydrogens is 495 g/mol. The fourth-order valence-electron chi connectivity index (χ4n) is 3.63. The molecule has 184 valence electrons. The topological polar surface area (TPSA) is 86.8 Å². The highest BCUT2D eigenvalue weighted by molar-refractivity contribution is 7.92. The second kappa shape index (κ2) is 10.2. The first-order valence-electron chi connectivity index (χ1n) is 10.4. The monoisotopic (exact) mass is 517 g/mol. The Morgan fingerprint density at radius 2 is 1.74 bits per heavy atom. The third-order valence-corrected chi connectivity index (χ3v) is 6.75. The van der Waals surface area contributed by atoms with Gasteiger partial charge in [0.15, 0.2) is 0 Å². The van der Waals surface area contributed by atoms with Gasteiger partial charge >= 0.3 is 6.18 Å². The van der Waals surface area contributed by atoms with Gasteiger partial charge in [-0.05, 0) is 49.6 Å². The van der Waals surface area contributed by atoms with Crippen molar-refractivity contribution in [1.29, 1.82) is 0 Å². The van der Waals surface area contributed by atoms with E-state index in [2.05, 4.69) is 5.32 Å². The molecule has 0 aliphatic carbocycles. The second-order valence-corrected chi connectivity index (χ2v) is 10.2. The molecule has 1 saturated heterocycles. The number of nitrogens with zero attached hydrogens (tertiary/aromatic N) is 2. The Morgan fingerprint density at radius 1 is 1.09 bits per heavy atom. The third kappa shape index (κ3) is 6.20. The number of carbonyl (C=O) groups excluding carboxylic acids is 2. The van der Waals surface area contributed by atoms with E-state index >= 15 is 0 Å². The van der Waals surface area contributed by atoms with E-state index in [1.165, 1.54) is 6.07 Å². The van der Waals surface area contributed by atoms with Crippen LogP contribution in [-0.4, -0.2) is 51.0 Å². The number of anilines is 2. The van der Waals surface area contributed by atoms with Crippen LogP contribution in [0.1, 0.15) is 35.2 Å². The number of piperidine rings is 1. The number of sulfonamides is 1. The number of alkyl halides is 3. The predicted molar refractivity (Wildman–Crippen MR) is 123 cm³/mol. The number of nitrogens with one attached hydrogen (secondary N) is 1. The van der Waals surface area contributed by atoms with Crippen LogP contribution in [-0.2, 0) is 21.0 Å². The third-order valence-electron chi connectivity index (χ3n) is 5.30. The molecule has 7 nitrogen and oxygen atoms in total. The normalized spacial score (nSPS) is 14.6. The maximum atomic E-state index is 13.2. The van der Waals surface area contributed by atoms with Crippen molar-refractivity contribution in [2.24, 2.45) is 0 Å². The average molecular weight is 518 g/mol. The van der Waals surface area contributed by atoms with Crippen molar-refractivity contribution in [3.63, 3.8) is 0 Å². The first-order valence-corrected chi connectivity index (χ1v) is 12.6. The van der Waals surface area contributed by atoms with Crippen LogP contribution in [0.25, 0.3) is 0 Å². The van der Waals surface area contributed by atoms with E-state index in [4.69, 9.17) is 11.6 Å². The van der Waals surface area contributed by atoms with Crippen molar-refractivity contribution in [2.75, 3.05) is 35.5 Å². The van der Waals surface area contributed by atoms with Gasteiger partial charge in [-0.3, -0.25) is 13.9 Å². The molecule has 0 spiro atoms. The number of para-hydroxylation sites is 1. The first-order chi connectivity index (χ1) is 15.9. The molecule has 1 N–H and O–H groups in total. The molecule has 0 saturated carbocycles. The number of benzene rings is 2. The minimum absolute atomic E-state index is 0.173. The Hall–Kier alpha value is -2.79. The Balaban J connectivity index is 1.86. The lowest BCUT2D eigenvalue weighted by Crippen LogP contribution is -2.39. The Bertz CT molecular complexity index is 1180. The van der Waals surface area contributed by atoms with Crippen molar-refractivity contribution in [3.05, 3.63) is 58.6 Å². The number of amides is 2. The van der Waals surface area contributed by atoms with Gasteiger partial charge in [0.05, 0.1) is 33.8 Å². The Kier molecular flexibility index (Phi) is 7.77. The molecule has 12 heteroatoms. The van der Waals surface area contributed by atoms with Crippen LogP contribution in [0.2, 0.25) is 5.02 Å². The van der Waals surface area contributed by atoms with E-state index < -0.39 is 39.9 Å². The molecule has 34 heavy (non-hydrogen) atoms. The van der Waals surface area contributed by atoms with Crippen LogP contribution >= 0.6 is 11.6 Å². The summed E-state index contributed by atoms with van der Waals surface area (Å²) in [6.45, 7) is 0.347. The summed E-state index contributed by atoms with van der Waals surface area (Å²) in [5, 5.41) is 2.24. The standard InChI is InChI=1S/C22H23ClF3N3O4S/c1-34(32,33)29(19-13-15(22(24,25)26)9-10-17(19)23)14-20(30)27-18-8-4-3-7-16(18)21(31)28-11-5-2-6-12-28/h3-4,7-10,13H,2,5-6,11-12,14H2,1H3,(H,27,30). The van der Waals surface area contributed by atoms with Gasteiger partial charge in [0, 0.05) is 13.1 Å². The molecule has 1 heterocycles. The summed E-state index contributed by atoms with van der Waals surface area (Å²) in [5.74, 6) is -1.12. The summed E-state index contributed by atoms with van der Waals surface area (Å²) in [4.78, 5) is 27.4. The van der Waals surface area contributed by atoms with E-state index in [1.54, 1.807) is 23.1 Å². The molecule has 0 radical (unpaired) electrons. The summed E-state index contributed by atoms with van der Waals surface area (Å²) >= 11 is 5.99. The number of likely N-dealkylation sites (tertiary alicyclic amines) is 1. The van der Waals surface area contributed by atoms with Crippen LogP contribution in [0, 0.1) is 0 Å². The lowest BCUT2D eigenvalue weighted by molar-refractivity contribution is -0.137. The maximum Gasteiger partial charge on any atom is 0.416 e. The van der Waals surface area contributed by atoms with Crippen LogP contribution in [0.4, 0.5) is 24.5 Å². The molecule has 2 aromatic rings. The van der Waals surface area contributed by atoms with E-state index in [9.17, 15) is 31.2 Å². The van der Waals surface area contributed by atoms with Gasteiger partial charge in [-0.2, -0.15) is 13.2 Å². The number of halogens is 4. The number of hydrogen-bond donors (Lipinski definition) is 1. The smallest absolute Gasteiger partial charge is 0.339 e. The zero-order chi connectivity index (χ0) is 25.1. The molecule has 2 aromatic carbocycles. The van der Waals surface area contributed by atoms with Gasteiger partial charge in [0.2, 0.25) is 15.9 Å². The average Bonchev–Trinajstić information content (AvgIpc) is 2.77. The van der Waals surface area contributed by atoms with Gasteiger partial charge in [0.1, 0.15) is 6.54 Å². The fourth-order valence-corrected chi connectivity index (χ4v) is 4.76. The van der Waals surface area contributed by atoms with Crippen molar-refractivity contribution in [2.45, 2.75) is 25.4 Å². The van der Waals surface area contributed by atoms with Crippen molar-refractivity contribution < 1.29 is 31.2 Å². The molecule has 1 aliphatic rings. The van der Waals surface area contributed by atoms with Gasteiger partial charge in [-0.1, -0.05) is 23.7 Å². The molecule has 0 atom stereocenters. The van der Waals surface area contributed by atoms with Crippen LogP contribution in [0.15, 0.2) is 42.5 Å². The zero-order valence-electron chi connectivity index (χ0n) is 18.2. The second-order valence-electron chi connectivity index (χ2n) is 7.88. The van der Waals surface area contributed by atoms with Gasteiger partial charge < -0.3 is 10.2 Å². The van der Waals surface area contributed by atoms with Crippen LogP contribution in [0.3, 0.4) is 0 Å². The van der Waals surface area contributed by atoms with E-state index in [0.29, 0.717) is 23.5 Å². The fraction of sp³-hybridized carbons (Fsp3) is 0.364. The molecule has 1 aliphatic heterocycles. The molecule has 1 fully saturated rings. The molecule has 2 amide bonds. The van der Waals surface area contributed by atoms with Gasteiger partial charge in [-0.25, -0.2) is 8.42 Å². The van der Waals surface area contributed by atoms with Crippen LogP contribution < -0.4 is 9.62 Å². The van der Waals surface area contributed by atoms with Crippen molar-refractivity contribution in [1.82, 2.24) is 4.90 Å². The summed E-state index contributed by atoms with van der Waals surface area (Å²) in [6.07, 6.45) is -1.20. The molecular formula is C22H23ClF3N3O4S. The molecule has 0 aromatic heterocycles. The minimum atomic E-state index is -4.74. The summed E-state index contributed by atoms with van der Waals surface area (Å²) in [7, 11) is -4.19. The highest BCUT2D eigenvalue weighted by Gasteiger charge is 2.33. The number of carbonyl (C=O) groups is 2. The lowest BCUT2D eigenvalue weighted by atomic mass is 10.1. The van der Waals surface area contributed by atoms with Crippen LogP contribution in [0.5, 0.6) is 0 Å². The molecule has 0 bridgehead atoms. The van der Waals surface area contributed by atoms with E-state index in [1.807, 2.05) is 0 Å². The van der Waals surface area contributed by atoms with Crippen molar-refractivity contribution >= 4 is 44.8 Å². The molecule has 0 unspecified atom stereocenters. The lowest BCUT2D eigenvalue weighted by Gasteiger charge is -2.28. The minimum Gasteiger partial charge on any atom is -0.339 e. The summed E-state index contributed by atoms with van der Waals surface area (Å²) < 4.78 is 64.7. The quantitative estimate of drug-likeness (QED) is 0.615. The molecule has 3 rings (SSSR count). The van der Waals surface area contributed by atoms with Crippen molar-refractivity contribution in [3.8, 4) is 0 Å².